The predicted molar refractivity (Wildman–Crippen MR) is 59.5 cm³/mol. The van der Waals surface area contributed by atoms with E-state index in [0.29, 0.717) is 25.1 Å². The van der Waals surface area contributed by atoms with E-state index in [-0.39, 0.29) is 11.9 Å². The zero-order valence-electron chi connectivity index (χ0n) is 9.54. The molecule has 1 N–H and O–H groups in total. The number of carbonyl (C=O) groups is 1. The normalized spacial score (nSPS) is 20.8. The van der Waals surface area contributed by atoms with Gasteiger partial charge in [-0.15, -0.1) is 0 Å². The predicted octanol–water partition coefficient (Wildman–Crippen LogP) is 0.938. The topological polar surface area (TPSA) is 32.3 Å². The standard InChI is InChI=1S/C12H14F2N2O/c1-16-10(6-15-7-12(16)17)4-8-2-3-9(13)5-11(8)14/h2-3,5,10,15H,4,6-7H2,1H3. The maximum Gasteiger partial charge on any atom is 0.236 e. The van der Waals surface area contributed by atoms with E-state index in [0.717, 1.165) is 6.07 Å². The number of likely N-dealkylation sites (N-methyl/N-ethyl adjacent to an activating group) is 1. The van der Waals surface area contributed by atoms with Gasteiger partial charge in [0.05, 0.1) is 6.54 Å². The van der Waals surface area contributed by atoms with Crippen molar-refractivity contribution in [3.8, 4) is 0 Å². The fourth-order valence-electron chi connectivity index (χ4n) is 1.96. The molecule has 1 aromatic carbocycles. The number of hydrogen-bond donors (Lipinski definition) is 1. The van der Waals surface area contributed by atoms with Crippen LogP contribution >= 0.6 is 0 Å². The molecular formula is C12H14F2N2O. The van der Waals surface area contributed by atoms with Crippen LogP contribution in [0, 0.1) is 11.6 Å². The molecule has 0 aromatic heterocycles. The fourth-order valence-corrected chi connectivity index (χ4v) is 1.96. The first-order chi connectivity index (χ1) is 8.08. The van der Waals surface area contributed by atoms with E-state index < -0.39 is 11.6 Å². The quantitative estimate of drug-likeness (QED) is 0.834. The second-order valence-electron chi connectivity index (χ2n) is 4.23. The highest BCUT2D eigenvalue weighted by atomic mass is 19.1. The third kappa shape index (κ3) is 2.61. The molecule has 2 rings (SSSR count). The van der Waals surface area contributed by atoms with Gasteiger partial charge < -0.3 is 10.2 Å². The third-order valence-corrected chi connectivity index (χ3v) is 3.07. The molecule has 0 radical (unpaired) electrons. The maximum absolute atomic E-state index is 13.5. The summed E-state index contributed by atoms with van der Waals surface area (Å²) in [5.74, 6) is -1.15. The average molecular weight is 240 g/mol. The molecule has 92 valence electrons. The van der Waals surface area contributed by atoms with Gasteiger partial charge in [-0.05, 0) is 18.1 Å². The van der Waals surface area contributed by atoms with Crippen molar-refractivity contribution in [3.05, 3.63) is 35.4 Å². The van der Waals surface area contributed by atoms with Crippen LogP contribution in [0.5, 0.6) is 0 Å². The molecule has 5 heteroatoms. The van der Waals surface area contributed by atoms with Gasteiger partial charge in [0, 0.05) is 25.7 Å². The molecule has 3 nitrogen and oxygen atoms in total. The van der Waals surface area contributed by atoms with Gasteiger partial charge in [0.25, 0.3) is 0 Å². The lowest BCUT2D eigenvalue weighted by Gasteiger charge is -2.33. The molecule has 0 spiro atoms. The first kappa shape index (κ1) is 12.0. The Bertz CT molecular complexity index is 437. The lowest BCUT2D eigenvalue weighted by Crippen LogP contribution is -2.53. The van der Waals surface area contributed by atoms with E-state index in [9.17, 15) is 13.6 Å². The van der Waals surface area contributed by atoms with Crippen LogP contribution < -0.4 is 5.32 Å². The minimum absolute atomic E-state index is 0.0104. The van der Waals surface area contributed by atoms with Crippen molar-refractivity contribution in [3.63, 3.8) is 0 Å². The van der Waals surface area contributed by atoms with Gasteiger partial charge in [0.15, 0.2) is 0 Å². The van der Waals surface area contributed by atoms with Crippen LogP contribution in [0.15, 0.2) is 18.2 Å². The molecule has 1 amide bonds. The van der Waals surface area contributed by atoms with Crippen LogP contribution in [0.4, 0.5) is 8.78 Å². The van der Waals surface area contributed by atoms with Crippen LogP contribution in [-0.4, -0.2) is 37.0 Å². The van der Waals surface area contributed by atoms with Crippen LogP contribution in [-0.2, 0) is 11.2 Å². The Kier molecular flexibility index (Phi) is 3.38. The highest BCUT2D eigenvalue weighted by Gasteiger charge is 2.25. The summed E-state index contributed by atoms with van der Waals surface area (Å²) >= 11 is 0. The fraction of sp³-hybridized carbons (Fsp3) is 0.417. The Labute approximate surface area is 98.4 Å². The monoisotopic (exact) mass is 240 g/mol. The van der Waals surface area contributed by atoms with Gasteiger partial charge in [-0.2, -0.15) is 0 Å². The third-order valence-electron chi connectivity index (χ3n) is 3.07. The Morgan fingerprint density at radius 1 is 1.47 bits per heavy atom. The molecule has 17 heavy (non-hydrogen) atoms. The molecule has 1 unspecified atom stereocenters. The largest absolute Gasteiger partial charge is 0.340 e. The van der Waals surface area contributed by atoms with Crippen molar-refractivity contribution in [1.29, 1.82) is 0 Å². The first-order valence-corrected chi connectivity index (χ1v) is 5.48. The Hall–Kier alpha value is -1.49. The van der Waals surface area contributed by atoms with E-state index >= 15 is 0 Å². The highest BCUT2D eigenvalue weighted by Crippen LogP contribution is 2.14. The van der Waals surface area contributed by atoms with Gasteiger partial charge in [-0.3, -0.25) is 4.79 Å². The van der Waals surface area contributed by atoms with Crippen molar-refractivity contribution in [2.75, 3.05) is 20.1 Å². The molecule has 0 saturated carbocycles. The van der Waals surface area contributed by atoms with Gasteiger partial charge in [0.2, 0.25) is 5.91 Å². The molecule has 1 saturated heterocycles. The summed E-state index contributed by atoms with van der Waals surface area (Å²) in [6.45, 7) is 0.942. The zero-order chi connectivity index (χ0) is 12.4. The summed E-state index contributed by atoms with van der Waals surface area (Å²) in [5.41, 5.74) is 0.430. The second kappa shape index (κ2) is 4.79. The number of nitrogens with zero attached hydrogens (tertiary/aromatic N) is 1. The maximum atomic E-state index is 13.5. The first-order valence-electron chi connectivity index (χ1n) is 5.48. The number of halogens is 2. The number of benzene rings is 1. The minimum atomic E-state index is -0.586. The summed E-state index contributed by atoms with van der Waals surface area (Å²) in [7, 11) is 1.70. The molecule has 1 fully saturated rings. The molecule has 1 aliphatic rings. The molecule has 1 aliphatic heterocycles. The minimum Gasteiger partial charge on any atom is -0.340 e. The summed E-state index contributed by atoms with van der Waals surface area (Å²) in [6, 6.07) is 3.44. The second-order valence-corrected chi connectivity index (χ2v) is 4.23. The van der Waals surface area contributed by atoms with Gasteiger partial charge in [0.1, 0.15) is 11.6 Å². The van der Waals surface area contributed by atoms with E-state index in [4.69, 9.17) is 0 Å². The van der Waals surface area contributed by atoms with Crippen molar-refractivity contribution >= 4 is 5.91 Å². The van der Waals surface area contributed by atoms with Crippen molar-refractivity contribution < 1.29 is 13.6 Å². The van der Waals surface area contributed by atoms with Crippen molar-refractivity contribution in [2.45, 2.75) is 12.5 Å². The Morgan fingerprint density at radius 2 is 2.24 bits per heavy atom. The van der Waals surface area contributed by atoms with Crippen LogP contribution in [0.25, 0.3) is 0 Å². The molecule has 1 atom stereocenters. The number of hydrogen-bond acceptors (Lipinski definition) is 2. The number of rotatable bonds is 2. The molecule has 1 aromatic rings. The number of piperazine rings is 1. The van der Waals surface area contributed by atoms with E-state index in [1.807, 2.05) is 0 Å². The Balaban J connectivity index is 2.12. The SMILES string of the molecule is CN1C(=O)CNCC1Cc1ccc(F)cc1F. The molecule has 0 aliphatic carbocycles. The molecule has 1 heterocycles. The zero-order valence-corrected chi connectivity index (χ0v) is 9.54. The van der Waals surface area contributed by atoms with Crippen molar-refractivity contribution in [2.24, 2.45) is 0 Å². The van der Waals surface area contributed by atoms with Crippen LogP contribution in [0.1, 0.15) is 5.56 Å². The lowest BCUT2D eigenvalue weighted by atomic mass is 10.0. The van der Waals surface area contributed by atoms with Gasteiger partial charge >= 0.3 is 0 Å². The number of amides is 1. The van der Waals surface area contributed by atoms with E-state index in [1.54, 1.807) is 11.9 Å². The smallest absolute Gasteiger partial charge is 0.236 e. The Morgan fingerprint density at radius 3 is 2.94 bits per heavy atom. The molecule has 0 bridgehead atoms. The highest BCUT2D eigenvalue weighted by molar-refractivity contribution is 5.79. The van der Waals surface area contributed by atoms with Gasteiger partial charge in [-0.25, -0.2) is 8.78 Å². The number of nitrogens with one attached hydrogen (secondary N) is 1. The summed E-state index contributed by atoms with van der Waals surface area (Å²) in [5, 5.41) is 2.98. The van der Waals surface area contributed by atoms with Crippen molar-refractivity contribution in [1.82, 2.24) is 10.2 Å². The molecular weight excluding hydrogens is 226 g/mol. The lowest BCUT2D eigenvalue weighted by molar-refractivity contribution is -0.133. The van der Waals surface area contributed by atoms with Gasteiger partial charge in [-0.1, -0.05) is 6.07 Å². The van der Waals surface area contributed by atoms with E-state index in [1.165, 1.54) is 12.1 Å². The van der Waals surface area contributed by atoms with Crippen LogP contribution in [0.2, 0.25) is 0 Å². The van der Waals surface area contributed by atoms with E-state index in [2.05, 4.69) is 5.32 Å². The summed E-state index contributed by atoms with van der Waals surface area (Å²) in [4.78, 5) is 13.1. The summed E-state index contributed by atoms with van der Waals surface area (Å²) < 4.78 is 26.2. The van der Waals surface area contributed by atoms with Crippen LogP contribution in [0.3, 0.4) is 0 Å². The number of carbonyl (C=O) groups excluding carboxylic acids is 1. The summed E-state index contributed by atoms with van der Waals surface area (Å²) in [6.07, 6.45) is 0.390. The average Bonchev–Trinajstić information content (AvgIpc) is 2.28.